The molecule has 12 heteroatoms. The number of nitrogens with zero attached hydrogens (tertiary/aromatic N) is 3. The second-order valence-electron chi connectivity index (χ2n) is 11.0. The van der Waals surface area contributed by atoms with Gasteiger partial charge in [0.05, 0.1) is 23.5 Å². The number of carbonyl (C=O) groups excluding carboxylic acids is 4. The van der Waals surface area contributed by atoms with E-state index in [0.717, 1.165) is 39.3 Å². The molecule has 5 rings (SSSR count). The summed E-state index contributed by atoms with van der Waals surface area (Å²) in [4.78, 5) is 56.4. The van der Waals surface area contributed by atoms with Gasteiger partial charge in [0.15, 0.2) is 0 Å². The molecular weight excluding hydrogens is 584 g/mol. The van der Waals surface area contributed by atoms with Crippen molar-refractivity contribution in [2.45, 2.75) is 32.4 Å². The van der Waals surface area contributed by atoms with Crippen LogP contribution in [0, 0.1) is 12.8 Å². The molecule has 1 unspecified atom stereocenters. The van der Waals surface area contributed by atoms with E-state index in [9.17, 15) is 19.2 Å². The van der Waals surface area contributed by atoms with Crippen LogP contribution in [0.1, 0.15) is 24.0 Å². The standard InChI is InChI=1S/C32H35ClN6O5/c1-18-21(23-9-6-10-26(28(23)33)36-29(41)24-17-38(2)32(43)39(3)31(24)42)7-5-8-22(18)25-13-11-19(30(37-25)44-4)15-34-16-20-12-14-27(40)35-20/h5-11,13,20,24,34H,12,14-17H2,1-4H3,(H,35,40)(H,36,41)/t20-,24?/m0/s1. The Morgan fingerprint density at radius 1 is 1.07 bits per heavy atom. The van der Waals surface area contributed by atoms with Gasteiger partial charge in [-0.2, -0.15) is 0 Å². The molecule has 2 aromatic carbocycles. The van der Waals surface area contributed by atoms with Crippen molar-refractivity contribution in [3.63, 3.8) is 0 Å². The first-order valence-corrected chi connectivity index (χ1v) is 14.7. The molecule has 230 valence electrons. The third-order valence-electron chi connectivity index (χ3n) is 8.10. The first-order chi connectivity index (χ1) is 21.1. The SMILES string of the molecule is COc1nc(-c2cccc(-c3cccc(NC(=O)C4CN(C)C(=O)N(C)C4=O)c3Cl)c2C)ccc1CNC[C@@H]1CCC(=O)N1. The summed E-state index contributed by atoms with van der Waals surface area (Å²) < 4.78 is 5.62. The predicted octanol–water partition coefficient (Wildman–Crippen LogP) is 3.83. The number of methoxy groups -OCH3 is 1. The van der Waals surface area contributed by atoms with E-state index < -0.39 is 23.8 Å². The normalized spacial score (nSPS) is 18.4. The molecule has 2 aliphatic heterocycles. The highest BCUT2D eigenvalue weighted by molar-refractivity contribution is 6.36. The van der Waals surface area contributed by atoms with E-state index in [4.69, 9.17) is 21.3 Å². The summed E-state index contributed by atoms with van der Waals surface area (Å²) >= 11 is 6.85. The van der Waals surface area contributed by atoms with Crippen molar-refractivity contribution in [2.75, 3.05) is 39.6 Å². The lowest BCUT2D eigenvalue weighted by molar-refractivity contribution is -0.140. The smallest absolute Gasteiger partial charge is 0.326 e. The quantitative estimate of drug-likeness (QED) is 0.311. The Morgan fingerprint density at radius 3 is 2.52 bits per heavy atom. The third kappa shape index (κ3) is 6.24. The predicted molar refractivity (Wildman–Crippen MR) is 167 cm³/mol. The highest BCUT2D eigenvalue weighted by Gasteiger charge is 2.39. The monoisotopic (exact) mass is 618 g/mol. The fourth-order valence-corrected chi connectivity index (χ4v) is 5.89. The van der Waals surface area contributed by atoms with Gasteiger partial charge in [0.2, 0.25) is 23.6 Å². The number of nitrogens with one attached hydrogen (secondary N) is 3. The van der Waals surface area contributed by atoms with Crippen LogP contribution in [-0.4, -0.2) is 78.9 Å². The number of carbonyl (C=O) groups is 4. The molecule has 2 aliphatic rings. The van der Waals surface area contributed by atoms with Gasteiger partial charge in [0.25, 0.3) is 0 Å². The number of hydrogen-bond acceptors (Lipinski definition) is 7. The molecule has 11 nitrogen and oxygen atoms in total. The van der Waals surface area contributed by atoms with Crippen molar-refractivity contribution in [2.24, 2.45) is 5.92 Å². The van der Waals surface area contributed by atoms with Crippen molar-refractivity contribution >= 4 is 41.0 Å². The fourth-order valence-electron chi connectivity index (χ4n) is 5.61. The summed E-state index contributed by atoms with van der Waals surface area (Å²) in [6, 6.07) is 14.8. The van der Waals surface area contributed by atoms with Crippen molar-refractivity contribution in [1.82, 2.24) is 25.4 Å². The zero-order chi connectivity index (χ0) is 31.5. The van der Waals surface area contributed by atoms with Crippen molar-refractivity contribution in [1.29, 1.82) is 0 Å². The van der Waals surface area contributed by atoms with Gasteiger partial charge in [-0.1, -0.05) is 48.0 Å². The lowest BCUT2D eigenvalue weighted by Gasteiger charge is -2.33. The Morgan fingerprint density at radius 2 is 1.80 bits per heavy atom. The zero-order valence-electron chi connectivity index (χ0n) is 25.1. The number of benzene rings is 2. The van der Waals surface area contributed by atoms with Gasteiger partial charge in [-0.05, 0) is 36.6 Å². The van der Waals surface area contributed by atoms with Gasteiger partial charge in [-0.25, -0.2) is 9.78 Å². The molecule has 3 heterocycles. The van der Waals surface area contributed by atoms with E-state index in [1.54, 1.807) is 26.3 Å². The molecule has 44 heavy (non-hydrogen) atoms. The topological polar surface area (TPSA) is 133 Å². The van der Waals surface area contributed by atoms with Crippen LogP contribution in [0.5, 0.6) is 5.88 Å². The van der Waals surface area contributed by atoms with Crippen molar-refractivity contribution in [3.05, 3.63) is 64.7 Å². The van der Waals surface area contributed by atoms with E-state index in [0.29, 0.717) is 41.7 Å². The molecule has 0 radical (unpaired) electrons. The maximum Gasteiger partial charge on any atom is 0.326 e. The number of ether oxygens (including phenoxy) is 1. The molecule has 1 aromatic heterocycles. The van der Waals surface area contributed by atoms with E-state index in [1.165, 1.54) is 11.9 Å². The van der Waals surface area contributed by atoms with Crippen LogP contribution in [0.4, 0.5) is 10.5 Å². The summed E-state index contributed by atoms with van der Waals surface area (Å²) in [6.07, 6.45) is 1.39. The van der Waals surface area contributed by atoms with Crippen LogP contribution < -0.4 is 20.7 Å². The number of halogens is 1. The second-order valence-corrected chi connectivity index (χ2v) is 11.4. The molecule has 2 saturated heterocycles. The molecular formula is C32H35ClN6O5. The number of imide groups is 1. The minimum absolute atomic E-state index is 0.0175. The third-order valence-corrected chi connectivity index (χ3v) is 8.50. The zero-order valence-corrected chi connectivity index (χ0v) is 25.8. The van der Waals surface area contributed by atoms with Crippen molar-refractivity contribution < 1.29 is 23.9 Å². The lowest BCUT2D eigenvalue weighted by Crippen LogP contribution is -2.56. The number of pyridine rings is 1. The fraction of sp³-hybridized carbons (Fsp3) is 0.344. The summed E-state index contributed by atoms with van der Waals surface area (Å²) in [5.41, 5.74) is 5.37. The summed E-state index contributed by atoms with van der Waals surface area (Å²) in [7, 11) is 4.49. The molecule has 0 saturated carbocycles. The molecule has 3 aromatic rings. The Labute approximate surface area is 260 Å². The Bertz CT molecular complexity index is 1630. The van der Waals surface area contributed by atoms with E-state index >= 15 is 0 Å². The van der Waals surface area contributed by atoms with Crippen LogP contribution in [0.2, 0.25) is 5.02 Å². The van der Waals surface area contributed by atoms with Gasteiger partial charge in [-0.15, -0.1) is 0 Å². The maximum atomic E-state index is 13.1. The second kappa shape index (κ2) is 13.0. The Balaban J connectivity index is 1.35. The minimum atomic E-state index is -1.05. The number of rotatable bonds is 9. The molecule has 3 N–H and O–H groups in total. The first kappa shape index (κ1) is 31.0. The van der Waals surface area contributed by atoms with Crippen LogP contribution in [0.15, 0.2) is 48.5 Å². The van der Waals surface area contributed by atoms with Gasteiger partial charge in [0, 0.05) is 62.9 Å². The summed E-state index contributed by atoms with van der Waals surface area (Å²) in [6.45, 7) is 3.18. The van der Waals surface area contributed by atoms with E-state index in [-0.39, 0.29) is 18.5 Å². The summed E-state index contributed by atoms with van der Waals surface area (Å²) in [5, 5.41) is 9.45. The van der Waals surface area contributed by atoms with Gasteiger partial charge in [0.1, 0.15) is 5.92 Å². The number of urea groups is 1. The first-order valence-electron chi connectivity index (χ1n) is 14.4. The van der Waals surface area contributed by atoms with E-state index in [1.807, 2.05) is 43.3 Å². The maximum absolute atomic E-state index is 13.1. The van der Waals surface area contributed by atoms with Crippen LogP contribution in [0.3, 0.4) is 0 Å². The Hall–Kier alpha value is -4.48. The average Bonchev–Trinajstić information content (AvgIpc) is 3.44. The van der Waals surface area contributed by atoms with E-state index in [2.05, 4.69) is 16.0 Å². The van der Waals surface area contributed by atoms with Gasteiger partial charge in [-0.3, -0.25) is 19.3 Å². The average molecular weight is 619 g/mol. The number of hydrogen-bond donors (Lipinski definition) is 3. The minimum Gasteiger partial charge on any atom is -0.481 e. The molecule has 2 fully saturated rings. The van der Waals surface area contributed by atoms with Crippen LogP contribution >= 0.6 is 11.6 Å². The number of amides is 5. The Kier molecular flexibility index (Phi) is 9.17. The highest BCUT2D eigenvalue weighted by atomic mass is 35.5. The largest absolute Gasteiger partial charge is 0.481 e. The molecule has 0 aliphatic carbocycles. The number of aromatic nitrogens is 1. The number of anilines is 1. The van der Waals surface area contributed by atoms with Gasteiger partial charge >= 0.3 is 6.03 Å². The van der Waals surface area contributed by atoms with Crippen LogP contribution in [-0.2, 0) is 20.9 Å². The molecule has 0 bridgehead atoms. The van der Waals surface area contributed by atoms with Crippen LogP contribution in [0.25, 0.3) is 22.4 Å². The highest BCUT2D eigenvalue weighted by Crippen LogP contribution is 2.39. The molecule has 0 spiro atoms. The van der Waals surface area contributed by atoms with Crippen molar-refractivity contribution in [3.8, 4) is 28.3 Å². The summed E-state index contributed by atoms with van der Waals surface area (Å²) in [5.74, 6) is -1.55. The molecule has 2 atom stereocenters. The molecule has 5 amide bonds. The van der Waals surface area contributed by atoms with Gasteiger partial charge < -0.3 is 25.6 Å². The lowest BCUT2D eigenvalue weighted by atomic mass is 9.94.